The van der Waals surface area contributed by atoms with E-state index < -0.39 is 29.2 Å². The first kappa shape index (κ1) is 25.3. The largest absolute Gasteiger partial charge is 0.435 e. The van der Waals surface area contributed by atoms with Crippen LogP contribution in [-0.4, -0.2) is 46.5 Å². The summed E-state index contributed by atoms with van der Waals surface area (Å²) in [5, 5.41) is 11.1. The molecule has 190 valence electrons. The Morgan fingerprint density at radius 1 is 0.912 bits per heavy atom. The zero-order chi connectivity index (χ0) is 24.9. The van der Waals surface area contributed by atoms with Crippen LogP contribution in [0.25, 0.3) is 0 Å². The SMILES string of the molecule is O=C(N1CC[C@H]2c3ccc(C(F)(C(F)(F)F)C(F)(F)F)cc3CC[C@H]21)C1(O)CCCCCCC1. The lowest BCUT2D eigenvalue weighted by molar-refractivity contribution is -0.348. The molecule has 0 bridgehead atoms. The molecule has 1 saturated carbocycles. The molecular formula is C24H28F7NO2. The van der Waals surface area contributed by atoms with Crippen molar-refractivity contribution in [2.24, 2.45) is 0 Å². The number of rotatable bonds is 2. The van der Waals surface area contributed by atoms with Crippen molar-refractivity contribution in [1.82, 2.24) is 4.90 Å². The van der Waals surface area contributed by atoms with Crippen molar-refractivity contribution in [3.8, 4) is 0 Å². The number of benzene rings is 1. The second-order valence-electron chi connectivity index (χ2n) is 9.87. The van der Waals surface area contributed by atoms with Gasteiger partial charge in [0.15, 0.2) is 0 Å². The van der Waals surface area contributed by atoms with Crippen LogP contribution in [0.4, 0.5) is 30.7 Å². The van der Waals surface area contributed by atoms with Gasteiger partial charge in [-0.1, -0.05) is 50.3 Å². The number of nitrogens with zero attached hydrogens (tertiary/aromatic N) is 1. The first-order valence-corrected chi connectivity index (χ1v) is 11.8. The van der Waals surface area contributed by atoms with E-state index in [-0.39, 0.29) is 29.9 Å². The van der Waals surface area contributed by atoms with E-state index in [2.05, 4.69) is 0 Å². The van der Waals surface area contributed by atoms with E-state index in [1.54, 1.807) is 4.90 Å². The maximum Gasteiger partial charge on any atom is 0.435 e. The van der Waals surface area contributed by atoms with Crippen molar-refractivity contribution in [2.75, 3.05) is 6.54 Å². The van der Waals surface area contributed by atoms with Crippen LogP contribution < -0.4 is 0 Å². The molecule has 2 aliphatic carbocycles. The second-order valence-corrected chi connectivity index (χ2v) is 9.87. The van der Waals surface area contributed by atoms with Crippen LogP contribution in [-0.2, 0) is 16.9 Å². The topological polar surface area (TPSA) is 40.5 Å². The highest BCUT2D eigenvalue weighted by atomic mass is 19.4. The van der Waals surface area contributed by atoms with Gasteiger partial charge in [-0.3, -0.25) is 4.79 Å². The van der Waals surface area contributed by atoms with Crippen molar-refractivity contribution in [2.45, 2.75) is 99.8 Å². The molecule has 2 fully saturated rings. The lowest BCUT2D eigenvalue weighted by atomic mass is 9.77. The van der Waals surface area contributed by atoms with Gasteiger partial charge in [-0.05, 0) is 43.2 Å². The summed E-state index contributed by atoms with van der Waals surface area (Å²) in [5.41, 5.74) is -7.57. The molecular weight excluding hydrogens is 467 g/mol. The molecule has 1 N–H and O–H groups in total. The maximum atomic E-state index is 14.5. The molecule has 10 heteroatoms. The average molecular weight is 495 g/mol. The molecule has 4 rings (SSSR count). The van der Waals surface area contributed by atoms with Crippen molar-refractivity contribution in [1.29, 1.82) is 0 Å². The average Bonchev–Trinajstić information content (AvgIpc) is 3.17. The van der Waals surface area contributed by atoms with E-state index in [0.29, 0.717) is 49.9 Å². The van der Waals surface area contributed by atoms with E-state index in [1.807, 2.05) is 0 Å². The van der Waals surface area contributed by atoms with Gasteiger partial charge in [-0.15, -0.1) is 0 Å². The Hall–Kier alpha value is -1.84. The molecule has 3 aliphatic rings. The number of hydrogen-bond acceptors (Lipinski definition) is 2. The van der Waals surface area contributed by atoms with Gasteiger partial charge in [0.25, 0.3) is 5.91 Å². The van der Waals surface area contributed by atoms with Crippen molar-refractivity contribution in [3.63, 3.8) is 0 Å². The molecule has 1 aromatic carbocycles. The number of carbonyl (C=O) groups is 1. The number of aryl methyl sites for hydroxylation is 1. The monoisotopic (exact) mass is 495 g/mol. The second kappa shape index (κ2) is 8.68. The minimum absolute atomic E-state index is 0.123. The molecule has 1 aliphatic heterocycles. The number of carbonyl (C=O) groups excluding carboxylic acids is 1. The quantitative estimate of drug-likeness (QED) is 0.505. The Labute approximate surface area is 193 Å². The number of hydrogen-bond donors (Lipinski definition) is 1. The van der Waals surface area contributed by atoms with Crippen LogP contribution in [0.2, 0.25) is 0 Å². The standard InChI is InChI=1S/C24H28F7NO2/c25-22(23(26,27)28,24(29,30)31)16-7-8-17-15(14-16)6-9-19-18(17)10-13-32(19)20(33)21(34)11-4-2-1-3-5-12-21/h7-8,14,18-19,34H,1-6,9-13H2/t18-,19+/m0/s1. The molecule has 0 unspecified atom stereocenters. The molecule has 34 heavy (non-hydrogen) atoms. The summed E-state index contributed by atoms with van der Waals surface area (Å²) in [6.45, 7) is 0.357. The van der Waals surface area contributed by atoms with E-state index in [4.69, 9.17) is 0 Å². The number of likely N-dealkylation sites (tertiary alicyclic amines) is 1. The minimum Gasteiger partial charge on any atom is -0.380 e. The highest BCUT2D eigenvalue weighted by Gasteiger charge is 2.73. The fourth-order valence-corrected chi connectivity index (χ4v) is 5.99. The Morgan fingerprint density at radius 3 is 2.09 bits per heavy atom. The van der Waals surface area contributed by atoms with Gasteiger partial charge < -0.3 is 10.0 Å². The van der Waals surface area contributed by atoms with E-state index in [0.717, 1.165) is 38.2 Å². The van der Waals surface area contributed by atoms with Gasteiger partial charge in [0.05, 0.1) is 0 Å². The highest BCUT2D eigenvalue weighted by molar-refractivity contribution is 5.85. The lowest BCUT2D eigenvalue weighted by Gasteiger charge is -2.39. The molecule has 0 aromatic heterocycles. The maximum absolute atomic E-state index is 14.5. The molecule has 0 spiro atoms. The summed E-state index contributed by atoms with van der Waals surface area (Å²) in [7, 11) is 0. The predicted molar refractivity (Wildman–Crippen MR) is 110 cm³/mol. The number of halogens is 7. The summed E-state index contributed by atoms with van der Waals surface area (Å²) in [5.74, 6) is -0.608. The number of aliphatic hydroxyl groups is 1. The Kier molecular flexibility index (Phi) is 6.44. The fraction of sp³-hybridized carbons (Fsp3) is 0.708. The summed E-state index contributed by atoms with van der Waals surface area (Å²) in [4.78, 5) is 15.0. The smallest absolute Gasteiger partial charge is 0.380 e. The Morgan fingerprint density at radius 2 is 1.50 bits per heavy atom. The van der Waals surface area contributed by atoms with Crippen LogP contribution in [0.1, 0.15) is 80.4 Å². The van der Waals surface area contributed by atoms with Crippen LogP contribution in [0.5, 0.6) is 0 Å². The zero-order valence-corrected chi connectivity index (χ0v) is 18.6. The number of alkyl halides is 7. The summed E-state index contributed by atoms with van der Waals surface area (Å²) < 4.78 is 93.6. The van der Waals surface area contributed by atoms with E-state index in [9.17, 15) is 40.6 Å². The van der Waals surface area contributed by atoms with Gasteiger partial charge in [0.2, 0.25) is 0 Å². The Balaban J connectivity index is 1.60. The van der Waals surface area contributed by atoms with Crippen molar-refractivity contribution < 1.29 is 40.6 Å². The van der Waals surface area contributed by atoms with E-state index in [1.165, 1.54) is 0 Å². The van der Waals surface area contributed by atoms with Gasteiger partial charge in [0.1, 0.15) is 5.60 Å². The predicted octanol–water partition coefficient (Wildman–Crippen LogP) is 6.08. The Bertz CT molecular complexity index is 905. The third-order valence-corrected chi connectivity index (χ3v) is 7.82. The van der Waals surface area contributed by atoms with Gasteiger partial charge in [0, 0.05) is 24.1 Å². The van der Waals surface area contributed by atoms with Gasteiger partial charge in [-0.2, -0.15) is 26.3 Å². The summed E-state index contributed by atoms with van der Waals surface area (Å²) in [6, 6.07) is 2.10. The van der Waals surface area contributed by atoms with Crippen molar-refractivity contribution >= 4 is 5.91 Å². The van der Waals surface area contributed by atoms with Gasteiger partial charge >= 0.3 is 18.0 Å². The molecule has 1 heterocycles. The summed E-state index contributed by atoms with van der Waals surface area (Å²) >= 11 is 0. The molecule has 3 nitrogen and oxygen atoms in total. The normalized spacial score (nSPS) is 25.8. The first-order valence-electron chi connectivity index (χ1n) is 11.8. The lowest BCUT2D eigenvalue weighted by Crippen LogP contribution is -2.52. The van der Waals surface area contributed by atoms with Crippen molar-refractivity contribution in [3.05, 3.63) is 34.9 Å². The molecule has 1 saturated heterocycles. The van der Waals surface area contributed by atoms with Crippen LogP contribution >= 0.6 is 0 Å². The number of amides is 1. The zero-order valence-electron chi connectivity index (χ0n) is 18.6. The highest BCUT2D eigenvalue weighted by Crippen LogP contribution is 2.54. The first-order chi connectivity index (χ1) is 15.8. The van der Waals surface area contributed by atoms with Crippen LogP contribution in [0.15, 0.2) is 18.2 Å². The fourth-order valence-electron chi connectivity index (χ4n) is 5.99. The van der Waals surface area contributed by atoms with E-state index >= 15 is 0 Å². The molecule has 2 atom stereocenters. The minimum atomic E-state index is -6.15. The van der Waals surface area contributed by atoms with Crippen LogP contribution in [0, 0.1) is 0 Å². The molecule has 1 aromatic rings. The van der Waals surface area contributed by atoms with Crippen LogP contribution in [0.3, 0.4) is 0 Å². The summed E-state index contributed by atoms with van der Waals surface area (Å²) in [6.07, 6.45) is -6.14. The molecule has 0 radical (unpaired) electrons. The third-order valence-electron chi connectivity index (χ3n) is 7.82. The van der Waals surface area contributed by atoms with Gasteiger partial charge in [-0.25, -0.2) is 4.39 Å². The number of fused-ring (bicyclic) bond motifs is 3. The molecule has 1 amide bonds. The third kappa shape index (κ3) is 4.09.